The number of carbonyl (C=O) groups excluding carboxylic acids is 1. The molecule has 1 heterocycles. The molecule has 1 fully saturated rings. The molecular formula is C16H15ClN2O4. The van der Waals surface area contributed by atoms with Crippen molar-refractivity contribution in [1.29, 1.82) is 0 Å². The van der Waals surface area contributed by atoms with E-state index in [1.54, 1.807) is 24.3 Å². The zero-order valence-corrected chi connectivity index (χ0v) is 13.2. The SMILES string of the molecule is CC(C(=O)O)N(C(=O)c1cc(-c2ccc(Cl)cc2)on1)C1CC1. The summed E-state index contributed by atoms with van der Waals surface area (Å²) in [6.45, 7) is 1.50. The fourth-order valence-corrected chi connectivity index (χ4v) is 2.51. The quantitative estimate of drug-likeness (QED) is 0.908. The zero-order valence-electron chi connectivity index (χ0n) is 12.4. The van der Waals surface area contributed by atoms with Crippen LogP contribution in [0, 0.1) is 0 Å². The molecular weight excluding hydrogens is 320 g/mol. The Bertz CT molecular complexity index is 737. The average Bonchev–Trinajstić information content (AvgIpc) is 3.23. The van der Waals surface area contributed by atoms with Gasteiger partial charge in [-0.2, -0.15) is 0 Å². The first-order valence-electron chi connectivity index (χ1n) is 7.25. The van der Waals surface area contributed by atoms with E-state index in [9.17, 15) is 14.7 Å². The summed E-state index contributed by atoms with van der Waals surface area (Å²) in [5, 5.41) is 13.6. The summed E-state index contributed by atoms with van der Waals surface area (Å²) in [6, 6.07) is 7.53. The number of nitrogens with zero attached hydrogens (tertiary/aromatic N) is 2. The molecule has 3 rings (SSSR count). The predicted octanol–water partition coefficient (Wildman–Crippen LogP) is 3.07. The first-order valence-corrected chi connectivity index (χ1v) is 7.63. The number of carbonyl (C=O) groups is 2. The van der Waals surface area contributed by atoms with Gasteiger partial charge in [0.25, 0.3) is 5.91 Å². The fraction of sp³-hybridized carbons (Fsp3) is 0.312. The summed E-state index contributed by atoms with van der Waals surface area (Å²) < 4.78 is 5.21. The minimum Gasteiger partial charge on any atom is -0.480 e. The lowest BCUT2D eigenvalue weighted by Gasteiger charge is -2.25. The van der Waals surface area contributed by atoms with E-state index in [1.807, 2.05) is 0 Å². The maximum Gasteiger partial charge on any atom is 0.326 e. The van der Waals surface area contributed by atoms with Gasteiger partial charge in [0.15, 0.2) is 11.5 Å². The van der Waals surface area contributed by atoms with E-state index in [-0.39, 0.29) is 11.7 Å². The predicted molar refractivity (Wildman–Crippen MR) is 83.2 cm³/mol. The summed E-state index contributed by atoms with van der Waals surface area (Å²) in [5.41, 5.74) is 0.847. The number of benzene rings is 1. The van der Waals surface area contributed by atoms with E-state index in [0.717, 1.165) is 18.4 Å². The lowest BCUT2D eigenvalue weighted by atomic mass is 10.1. The number of hydrogen-bond donors (Lipinski definition) is 1. The molecule has 1 saturated carbocycles. The van der Waals surface area contributed by atoms with E-state index in [4.69, 9.17) is 16.1 Å². The van der Waals surface area contributed by atoms with Crippen LogP contribution in [0.1, 0.15) is 30.3 Å². The van der Waals surface area contributed by atoms with Crippen molar-refractivity contribution in [3.8, 4) is 11.3 Å². The highest BCUT2D eigenvalue weighted by atomic mass is 35.5. The highest BCUT2D eigenvalue weighted by Gasteiger charge is 2.39. The van der Waals surface area contributed by atoms with Crippen LogP contribution < -0.4 is 0 Å². The number of hydrogen-bond acceptors (Lipinski definition) is 4. The summed E-state index contributed by atoms with van der Waals surface area (Å²) >= 11 is 5.84. The van der Waals surface area contributed by atoms with E-state index < -0.39 is 17.9 Å². The second kappa shape index (κ2) is 6.04. The van der Waals surface area contributed by atoms with Gasteiger partial charge in [-0.1, -0.05) is 16.8 Å². The van der Waals surface area contributed by atoms with Crippen molar-refractivity contribution in [2.24, 2.45) is 0 Å². The number of aliphatic carboxylic acids is 1. The molecule has 0 spiro atoms. The molecule has 1 aromatic carbocycles. The molecule has 0 bridgehead atoms. The minimum absolute atomic E-state index is 0.0377. The molecule has 2 aromatic rings. The van der Waals surface area contributed by atoms with Gasteiger partial charge in [0.2, 0.25) is 0 Å². The lowest BCUT2D eigenvalue weighted by molar-refractivity contribution is -0.141. The van der Waals surface area contributed by atoms with Gasteiger partial charge in [0.05, 0.1) is 0 Å². The molecule has 0 radical (unpaired) electrons. The maximum absolute atomic E-state index is 12.6. The second-order valence-electron chi connectivity index (χ2n) is 5.54. The van der Waals surface area contributed by atoms with Crippen LogP contribution in [0.2, 0.25) is 5.02 Å². The fourth-order valence-electron chi connectivity index (χ4n) is 2.39. The van der Waals surface area contributed by atoms with Gasteiger partial charge < -0.3 is 14.5 Å². The van der Waals surface area contributed by atoms with E-state index in [1.165, 1.54) is 17.9 Å². The second-order valence-corrected chi connectivity index (χ2v) is 5.98. The van der Waals surface area contributed by atoms with Crippen LogP contribution in [-0.2, 0) is 4.79 Å². The Morgan fingerprint density at radius 2 is 2.00 bits per heavy atom. The van der Waals surface area contributed by atoms with Crippen LogP contribution in [-0.4, -0.2) is 39.1 Å². The first-order chi connectivity index (χ1) is 11.0. The van der Waals surface area contributed by atoms with Crippen LogP contribution in [0.4, 0.5) is 0 Å². The summed E-state index contributed by atoms with van der Waals surface area (Å²) in [5.74, 6) is -1.03. The van der Waals surface area contributed by atoms with Crippen molar-refractivity contribution in [3.63, 3.8) is 0 Å². The van der Waals surface area contributed by atoms with Crippen LogP contribution in [0.5, 0.6) is 0 Å². The highest BCUT2D eigenvalue weighted by Crippen LogP contribution is 2.31. The van der Waals surface area contributed by atoms with Crippen LogP contribution in [0.3, 0.4) is 0 Å². The zero-order chi connectivity index (χ0) is 16.6. The largest absolute Gasteiger partial charge is 0.480 e. The van der Waals surface area contributed by atoms with E-state index in [2.05, 4.69) is 5.16 Å². The van der Waals surface area contributed by atoms with Crippen molar-refractivity contribution in [2.75, 3.05) is 0 Å². The Hall–Kier alpha value is -2.34. The van der Waals surface area contributed by atoms with E-state index >= 15 is 0 Å². The van der Waals surface area contributed by atoms with Crippen molar-refractivity contribution >= 4 is 23.5 Å². The molecule has 1 aromatic heterocycles. The monoisotopic (exact) mass is 334 g/mol. The average molecular weight is 335 g/mol. The smallest absolute Gasteiger partial charge is 0.326 e. The number of carboxylic acid groups (broad SMARTS) is 1. The third kappa shape index (κ3) is 3.22. The number of carboxylic acids is 1. The van der Waals surface area contributed by atoms with Crippen LogP contribution >= 0.6 is 11.6 Å². The van der Waals surface area contributed by atoms with Crippen LogP contribution in [0.25, 0.3) is 11.3 Å². The molecule has 7 heteroatoms. The van der Waals surface area contributed by atoms with Gasteiger partial charge in [0, 0.05) is 22.7 Å². The first kappa shape index (κ1) is 15.6. The molecule has 0 aliphatic heterocycles. The third-order valence-corrected chi connectivity index (χ3v) is 4.06. The topological polar surface area (TPSA) is 83.6 Å². The number of rotatable bonds is 5. The maximum atomic E-state index is 12.6. The summed E-state index contributed by atoms with van der Waals surface area (Å²) in [4.78, 5) is 25.2. The Kier molecular flexibility index (Phi) is 4.09. The molecule has 1 atom stereocenters. The van der Waals surface area contributed by atoms with Gasteiger partial charge >= 0.3 is 5.97 Å². The number of aromatic nitrogens is 1. The van der Waals surface area contributed by atoms with Crippen LogP contribution in [0.15, 0.2) is 34.9 Å². The van der Waals surface area contributed by atoms with Gasteiger partial charge in [0.1, 0.15) is 6.04 Å². The van der Waals surface area contributed by atoms with Gasteiger partial charge in [-0.05, 0) is 44.0 Å². The van der Waals surface area contributed by atoms with E-state index in [0.29, 0.717) is 10.8 Å². The Labute approximate surface area is 137 Å². The summed E-state index contributed by atoms with van der Waals surface area (Å²) in [6.07, 6.45) is 1.62. The molecule has 6 nitrogen and oxygen atoms in total. The van der Waals surface area contributed by atoms with Crippen molar-refractivity contribution in [1.82, 2.24) is 10.1 Å². The highest BCUT2D eigenvalue weighted by molar-refractivity contribution is 6.30. The Morgan fingerprint density at radius 1 is 1.35 bits per heavy atom. The molecule has 1 unspecified atom stereocenters. The Morgan fingerprint density at radius 3 is 2.57 bits per heavy atom. The molecule has 1 aliphatic rings. The van der Waals surface area contributed by atoms with Gasteiger partial charge in [-0.25, -0.2) is 4.79 Å². The standard InChI is InChI=1S/C16H15ClN2O4/c1-9(16(21)22)19(12-6-7-12)15(20)13-8-14(23-18-13)10-2-4-11(17)5-3-10/h2-5,8-9,12H,6-7H2,1H3,(H,21,22). The molecule has 1 aliphatic carbocycles. The minimum atomic E-state index is -1.04. The van der Waals surface area contributed by atoms with Gasteiger partial charge in [-0.15, -0.1) is 0 Å². The normalized spacial score (nSPS) is 15.2. The van der Waals surface area contributed by atoms with Gasteiger partial charge in [-0.3, -0.25) is 4.79 Å². The molecule has 23 heavy (non-hydrogen) atoms. The lowest BCUT2D eigenvalue weighted by Crippen LogP contribution is -2.44. The number of amides is 1. The number of halogens is 1. The molecule has 1 amide bonds. The molecule has 120 valence electrons. The molecule has 0 saturated heterocycles. The molecule has 1 N–H and O–H groups in total. The Balaban J connectivity index is 1.85. The summed E-state index contributed by atoms with van der Waals surface area (Å²) in [7, 11) is 0. The van der Waals surface area contributed by atoms with Crippen molar-refractivity contribution in [2.45, 2.75) is 31.8 Å². The third-order valence-electron chi connectivity index (χ3n) is 3.81. The van der Waals surface area contributed by atoms with Crippen molar-refractivity contribution < 1.29 is 19.2 Å². The van der Waals surface area contributed by atoms with Crippen molar-refractivity contribution in [3.05, 3.63) is 41.0 Å².